The van der Waals surface area contributed by atoms with Crippen molar-refractivity contribution in [1.29, 1.82) is 0 Å². The van der Waals surface area contributed by atoms with Gasteiger partial charge in [-0.2, -0.15) is 0 Å². The summed E-state index contributed by atoms with van der Waals surface area (Å²) < 4.78 is 8.63. The SMILES string of the molecule is c1ccc(-c2nc(-c3ccc(-c4ccc5c(c4)oc4ccccc45)cc3)nc(-c3ccc4c(c3)sc3ccccc34)n2)cc1. The molecule has 0 saturated heterocycles. The van der Waals surface area contributed by atoms with E-state index < -0.39 is 0 Å². The van der Waals surface area contributed by atoms with Crippen LogP contribution in [0.1, 0.15) is 0 Å². The van der Waals surface area contributed by atoms with Crippen molar-refractivity contribution in [3.63, 3.8) is 0 Å². The molecule has 3 heterocycles. The molecular formula is C39H23N3OS. The van der Waals surface area contributed by atoms with Gasteiger partial charge in [-0.05, 0) is 41.5 Å². The van der Waals surface area contributed by atoms with Crippen molar-refractivity contribution in [3.8, 4) is 45.3 Å². The van der Waals surface area contributed by atoms with Crippen LogP contribution in [-0.4, -0.2) is 15.0 Å². The zero-order valence-electron chi connectivity index (χ0n) is 23.4. The van der Waals surface area contributed by atoms with Gasteiger partial charge >= 0.3 is 0 Å². The Hall–Kier alpha value is -5.65. The molecule has 9 aromatic rings. The number of thiophene rings is 1. The molecule has 0 saturated carbocycles. The monoisotopic (exact) mass is 581 g/mol. The molecule has 0 atom stereocenters. The van der Waals surface area contributed by atoms with Crippen LogP contribution in [-0.2, 0) is 0 Å². The highest BCUT2D eigenvalue weighted by Crippen LogP contribution is 2.37. The normalized spacial score (nSPS) is 11.6. The van der Waals surface area contributed by atoms with Crippen LogP contribution in [0.2, 0.25) is 0 Å². The van der Waals surface area contributed by atoms with Gasteiger partial charge in [-0.3, -0.25) is 0 Å². The lowest BCUT2D eigenvalue weighted by atomic mass is 10.0. The summed E-state index contributed by atoms with van der Waals surface area (Å²) in [7, 11) is 0. The first-order chi connectivity index (χ1) is 21.8. The number of aromatic nitrogens is 3. The number of benzene rings is 6. The second kappa shape index (κ2) is 9.97. The Balaban J connectivity index is 1.13. The Morgan fingerprint density at radius 1 is 0.364 bits per heavy atom. The lowest BCUT2D eigenvalue weighted by molar-refractivity contribution is 0.669. The second-order valence-corrected chi connectivity index (χ2v) is 12.0. The van der Waals surface area contributed by atoms with Crippen molar-refractivity contribution in [2.45, 2.75) is 0 Å². The molecule has 0 fully saturated rings. The van der Waals surface area contributed by atoms with Gasteiger partial charge in [0.1, 0.15) is 11.2 Å². The highest BCUT2D eigenvalue weighted by atomic mass is 32.1. The minimum Gasteiger partial charge on any atom is -0.456 e. The summed E-state index contributed by atoms with van der Waals surface area (Å²) in [5.41, 5.74) is 6.85. The smallest absolute Gasteiger partial charge is 0.164 e. The largest absolute Gasteiger partial charge is 0.456 e. The molecule has 44 heavy (non-hydrogen) atoms. The third-order valence-electron chi connectivity index (χ3n) is 8.16. The van der Waals surface area contributed by atoms with Gasteiger partial charge in [-0.15, -0.1) is 11.3 Å². The van der Waals surface area contributed by atoms with E-state index in [1.54, 1.807) is 11.3 Å². The molecule has 0 bridgehead atoms. The maximum absolute atomic E-state index is 6.14. The molecular weight excluding hydrogens is 559 g/mol. The topological polar surface area (TPSA) is 51.8 Å². The van der Waals surface area contributed by atoms with E-state index >= 15 is 0 Å². The first-order valence-corrected chi connectivity index (χ1v) is 15.3. The van der Waals surface area contributed by atoms with Crippen LogP contribution >= 0.6 is 11.3 Å². The average Bonchev–Trinajstić information content (AvgIpc) is 3.66. The molecule has 0 amide bonds. The van der Waals surface area contributed by atoms with Crippen LogP contribution in [0.3, 0.4) is 0 Å². The number of rotatable bonds is 4. The Morgan fingerprint density at radius 3 is 1.73 bits per heavy atom. The van der Waals surface area contributed by atoms with E-state index in [1.807, 2.05) is 48.5 Å². The molecule has 0 unspecified atom stereocenters. The third-order valence-corrected chi connectivity index (χ3v) is 9.29. The number of furan rings is 1. The Bertz CT molecular complexity index is 2490. The molecule has 3 aromatic heterocycles. The minimum absolute atomic E-state index is 0.643. The molecule has 6 aromatic carbocycles. The van der Waals surface area contributed by atoms with Crippen LogP contribution in [0.4, 0.5) is 0 Å². The lowest BCUT2D eigenvalue weighted by Crippen LogP contribution is -2.00. The number of hydrogen-bond donors (Lipinski definition) is 0. The van der Waals surface area contributed by atoms with Crippen LogP contribution in [0, 0.1) is 0 Å². The standard InChI is InChI=1S/C39H23N3OS/c1-2-8-25(9-3-1)37-40-38(42-39(41-37)28-19-21-32-31-11-5-7-13-35(31)44-36(32)23-28)26-16-14-24(15-17-26)27-18-20-30-29-10-4-6-12-33(29)43-34(30)22-27/h1-23H. The molecule has 206 valence electrons. The van der Waals surface area contributed by atoms with E-state index in [2.05, 4.69) is 91.0 Å². The number of hydrogen-bond acceptors (Lipinski definition) is 5. The molecule has 0 aliphatic heterocycles. The maximum Gasteiger partial charge on any atom is 0.164 e. The maximum atomic E-state index is 6.14. The molecule has 9 rings (SSSR count). The van der Waals surface area contributed by atoms with Crippen molar-refractivity contribution in [2.75, 3.05) is 0 Å². The van der Waals surface area contributed by atoms with E-state index in [1.165, 1.54) is 20.2 Å². The van der Waals surface area contributed by atoms with Gasteiger partial charge in [0.2, 0.25) is 0 Å². The summed E-state index contributed by atoms with van der Waals surface area (Å²) in [5, 5.41) is 4.79. The van der Waals surface area contributed by atoms with Crippen molar-refractivity contribution < 1.29 is 4.42 Å². The Kier molecular flexibility index (Phi) is 5.64. The van der Waals surface area contributed by atoms with Gasteiger partial charge in [0, 0.05) is 47.6 Å². The number of fused-ring (bicyclic) bond motifs is 6. The van der Waals surface area contributed by atoms with Crippen molar-refractivity contribution >= 4 is 53.4 Å². The summed E-state index contributed by atoms with van der Waals surface area (Å²) in [6.45, 7) is 0. The molecule has 0 radical (unpaired) electrons. The fourth-order valence-electron chi connectivity index (χ4n) is 5.93. The van der Waals surface area contributed by atoms with Crippen molar-refractivity contribution in [3.05, 3.63) is 140 Å². The summed E-state index contributed by atoms with van der Waals surface area (Å²) in [6, 6.07) is 48.1. The Labute approximate surface area is 256 Å². The van der Waals surface area contributed by atoms with Crippen molar-refractivity contribution in [2.24, 2.45) is 0 Å². The van der Waals surface area contributed by atoms with Gasteiger partial charge < -0.3 is 4.42 Å². The van der Waals surface area contributed by atoms with Gasteiger partial charge in [0.15, 0.2) is 17.5 Å². The van der Waals surface area contributed by atoms with Gasteiger partial charge in [-0.25, -0.2) is 15.0 Å². The minimum atomic E-state index is 0.643. The molecule has 5 heteroatoms. The highest BCUT2D eigenvalue weighted by molar-refractivity contribution is 7.25. The van der Waals surface area contributed by atoms with Gasteiger partial charge in [0.05, 0.1) is 0 Å². The fraction of sp³-hybridized carbons (Fsp3) is 0. The van der Waals surface area contributed by atoms with Gasteiger partial charge in [-0.1, -0.05) is 109 Å². The van der Waals surface area contributed by atoms with Gasteiger partial charge in [0.25, 0.3) is 0 Å². The van der Waals surface area contributed by atoms with Crippen LogP contribution < -0.4 is 0 Å². The van der Waals surface area contributed by atoms with Crippen LogP contribution in [0.5, 0.6) is 0 Å². The average molecular weight is 582 g/mol. The number of para-hydroxylation sites is 1. The lowest BCUT2D eigenvalue weighted by Gasteiger charge is -2.09. The first-order valence-electron chi connectivity index (χ1n) is 14.5. The second-order valence-electron chi connectivity index (χ2n) is 10.9. The fourth-order valence-corrected chi connectivity index (χ4v) is 7.08. The van der Waals surface area contributed by atoms with Crippen molar-refractivity contribution in [1.82, 2.24) is 15.0 Å². The molecule has 0 aliphatic carbocycles. The molecule has 4 nitrogen and oxygen atoms in total. The van der Waals surface area contributed by atoms with Crippen LogP contribution in [0.15, 0.2) is 144 Å². The zero-order valence-corrected chi connectivity index (χ0v) is 24.3. The number of nitrogens with zero attached hydrogens (tertiary/aromatic N) is 3. The third kappa shape index (κ3) is 4.17. The zero-order chi connectivity index (χ0) is 29.0. The Morgan fingerprint density at radius 2 is 0.909 bits per heavy atom. The summed E-state index contributed by atoms with van der Waals surface area (Å²) >= 11 is 1.79. The predicted octanol–water partition coefficient (Wildman–Crippen LogP) is 10.8. The summed E-state index contributed by atoms with van der Waals surface area (Å²) in [4.78, 5) is 14.9. The van der Waals surface area contributed by atoms with E-state index in [4.69, 9.17) is 19.4 Å². The van der Waals surface area contributed by atoms with E-state index in [0.717, 1.165) is 49.8 Å². The molecule has 0 N–H and O–H groups in total. The molecule has 0 spiro atoms. The van der Waals surface area contributed by atoms with Crippen LogP contribution in [0.25, 0.3) is 87.4 Å². The summed E-state index contributed by atoms with van der Waals surface area (Å²) in [6.07, 6.45) is 0. The molecule has 0 aliphatic rings. The first kappa shape index (κ1) is 24.9. The van der Waals surface area contributed by atoms with E-state index in [9.17, 15) is 0 Å². The van der Waals surface area contributed by atoms with E-state index in [-0.39, 0.29) is 0 Å². The predicted molar refractivity (Wildman–Crippen MR) is 182 cm³/mol. The van der Waals surface area contributed by atoms with E-state index in [0.29, 0.717) is 17.5 Å². The summed E-state index contributed by atoms with van der Waals surface area (Å²) in [5.74, 6) is 1.96. The quantitative estimate of drug-likeness (QED) is 0.207. The highest BCUT2D eigenvalue weighted by Gasteiger charge is 2.15.